The number of amides is 1. The van der Waals surface area contributed by atoms with Gasteiger partial charge < -0.3 is 15.0 Å². The molecule has 1 amide bonds. The Hall–Kier alpha value is -2.17. The van der Waals surface area contributed by atoms with Gasteiger partial charge in [0.15, 0.2) is 0 Å². The second-order valence-corrected chi connectivity index (χ2v) is 6.19. The van der Waals surface area contributed by atoms with Crippen molar-refractivity contribution in [2.75, 3.05) is 27.7 Å². The first-order valence-electron chi connectivity index (χ1n) is 8.11. The van der Waals surface area contributed by atoms with Gasteiger partial charge in [-0.15, -0.1) is 0 Å². The van der Waals surface area contributed by atoms with Crippen LogP contribution < -0.4 is 5.32 Å². The number of hydrogen-bond donors (Lipinski definition) is 1. The van der Waals surface area contributed by atoms with E-state index in [1.807, 2.05) is 38.4 Å². The average Bonchev–Trinajstić information content (AvgIpc) is 2.57. The van der Waals surface area contributed by atoms with E-state index in [1.54, 1.807) is 7.11 Å². The molecule has 2 aromatic rings. The van der Waals surface area contributed by atoms with Crippen LogP contribution in [-0.2, 0) is 11.3 Å². The molecule has 24 heavy (non-hydrogen) atoms. The van der Waals surface area contributed by atoms with Gasteiger partial charge in [0.1, 0.15) is 0 Å². The van der Waals surface area contributed by atoms with Gasteiger partial charge in [-0.1, -0.05) is 48.0 Å². The molecule has 1 N–H and O–H groups in total. The highest BCUT2D eigenvalue weighted by Crippen LogP contribution is 2.18. The van der Waals surface area contributed by atoms with Gasteiger partial charge in [-0.3, -0.25) is 4.79 Å². The van der Waals surface area contributed by atoms with Gasteiger partial charge in [0.25, 0.3) is 5.91 Å². The van der Waals surface area contributed by atoms with Gasteiger partial charge in [0, 0.05) is 19.2 Å². The normalized spacial score (nSPS) is 12.2. The van der Waals surface area contributed by atoms with Crippen molar-refractivity contribution in [1.29, 1.82) is 0 Å². The number of nitrogens with one attached hydrogen (secondary N) is 1. The van der Waals surface area contributed by atoms with Gasteiger partial charge in [0.2, 0.25) is 0 Å². The fraction of sp³-hybridized carbons (Fsp3) is 0.350. The summed E-state index contributed by atoms with van der Waals surface area (Å²) in [6.45, 7) is 3.05. The topological polar surface area (TPSA) is 41.6 Å². The molecule has 0 aromatic heterocycles. The summed E-state index contributed by atoms with van der Waals surface area (Å²) in [5.41, 5.74) is 3.99. The maximum Gasteiger partial charge on any atom is 0.251 e. The Morgan fingerprint density at radius 1 is 1.12 bits per heavy atom. The summed E-state index contributed by atoms with van der Waals surface area (Å²) in [5.74, 6) is -0.0680. The van der Waals surface area contributed by atoms with Crippen molar-refractivity contribution in [3.05, 3.63) is 70.8 Å². The molecular weight excluding hydrogens is 300 g/mol. The largest absolute Gasteiger partial charge is 0.380 e. The molecule has 0 aliphatic rings. The molecule has 0 radical (unpaired) electrons. The Bertz CT molecular complexity index is 666. The highest BCUT2D eigenvalue weighted by atomic mass is 16.5. The summed E-state index contributed by atoms with van der Waals surface area (Å²) >= 11 is 0. The highest BCUT2D eigenvalue weighted by molar-refractivity contribution is 5.95. The van der Waals surface area contributed by atoms with E-state index in [-0.39, 0.29) is 11.9 Å². The first-order chi connectivity index (χ1) is 11.5. The molecule has 4 nitrogen and oxygen atoms in total. The van der Waals surface area contributed by atoms with E-state index in [1.165, 1.54) is 11.1 Å². The minimum atomic E-state index is -0.0680. The maximum atomic E-state index is 12.6. The fourth-order valence-electron chi connectivity index (χ4n) is 2.69. The lowest BCUT2D eigenvalue weighted by molar-refractivity contribution is 0.0937. The summed E-state index contributed by atoms with van der Waals surface area (Å²) in [5, 5.41) is 3.06. The van der Waals surface area contributed by atoms with E-state index in [9.17, 15) is 4.79 Å². The highest BCUT2D eigenvalue weighted by Gasteiger charge is 2.17. The third-order valence-corrected chi connectivity index (χ3v) is 4.10. The van der Waals surface area contributed by atoms with Crippen molar-refractivity contribution in [3.8, 4) is 0 Å². The number of hydrogen-bond acceptors (Lipinski definition) is 3. The third-order valence-electron chi connectivity index (χ3n) is 4.10. The number of benzene rings is 2. The lowest BCUT2D eigenvalue weighted by Crippen LogP contribution is -2.35. The first-order valence-corrected chi connectivity index (χ1v) is 8.11. The molecule has 0 fully saturated rings. The maximum absolute atomic E-state index is 12.6. The van der Waals surface area contributed by atoms with Crippen molar-refractivity contribution < 1.29 is 9.53 Å². The third kappa shape index (κ3) is 4.66. The SMILES string of the molecule is COCc1ccccc1C(=O)NC[C@@H](c1ccc(C)cc1)N(C)C. The summed E-state index contributed by atoms with van der Waals surface area (Å²) in [6, 6.07) is 16.1. The van der Waals surface area contributed by atoms with Crippen LogP contribution in [0.25, 0.3) is 0 Å². The van der Waals surface area contributed by atoms with Gasteiger partial charge in [-0.25, -0.2) is 0 Å². The van der Waals surface area contributed by atoms with E-state index in [4.69, 9.17) is 4.74 Å². The summed E-state index contributed by atoms with van der Waals surface area (Å²) < 4.78 is 5.17. The molecule has 128 valence electrons. The van der Waals surface area contributed by atoms with Gasteiger partial charge in [-0.2, -0.15) is 0 Å². The molecule has 0 saturated heterocycles. The average molecular weight is 326 g/mol. The minimum absolute atomic E-state index is 0.0680. The van der Waals surface area contributed by atoms with Crippen LogP contribution in [-0.4, -0.2) is 38.6 Å². The van der Waals surface area contributed by atoms with Crippen LogP contribution in [0.5, 0.6) is 0 Å². The molecule has 0 aliphatic heterocycles. The predicted molar refractivity (Wildman–Crippen MR) is 97.1 cm³/mol. The lowest BCUT2D eigenvalue weighted by atomic mass is 10.0. The molecule has 0 heterocycles. The second kappa shape index (κ2) is 8.62. The van der Waals surface area contributed by atoms with Crippen molar-refractivity contribution in [3.63, 3.8) is 0 Å². The quantitative estimate of drug-likeness (QED) is 0.850. The van der Waals surface area contributed by atoms with Crippen LogP contribution in [0, 0.1) is 6.92 Å². The number of carbonyl (C=O) groups excluding carboxylic acids is 1. The zero-order valence-electron chi connectivity index (χ0n) is 14.9. The zero-order valence-corrected chi connectivity index (χ0v) is 14.9. The Balaban J connectivity index is 2.09. The molecule has 1 atom stereocenters. The van der Waals surface area contributed by atoms with E-state index in [0.29, 0.717) is 18.7 Å². The molecule has 0 spiro atoms. The fourth-order valence-corrected chi connectivity index (χ4v) is 2.69. The van der Waals surface area contributed by atoms with E-state index in [2.05, 4.69) is 41.4 Å². The number of carbonyl (C=O) groups is 1. The minimum Gasteiger partial charge on any atom is -0.380 e. The second-order valence-electron chi connectivity index (χ2n) is 6.19. The summed E-state index contributed by atoms with van der Waals surface area (Å²) in [6.07, 6.45) is 0. The zero-order chi connectivity index (χ0) is 17.5. The molecule has 4 heteroatoms. The van der Waals surface area contributed by atoms with Crippen LogP contribution in [0.4, 0.5) is 0 Å². The van der Waals surface area contributed by atoms with Gasteiger partial charge in [-0.05, 0) is 38.2 Å². The smallest absolute Gasteiger partial charge is 0.251 e. The van der Waals surface area contributed by atoms with E-state index >= 15 is 0 Å². The molecule has 0 aliphatic carbocycles. The van der Waals surface area contributed by atoms with Crippen molar-refractivity contribution >= 4 is 5.91 Å². The van der Waals surface area contributed by atoms with Crippen LogP contribution >= 0.6 is 0 Å². The monoisotopic (exact) mass is 326 g/mol. The molecule has 0 unspecified atom stereocenters. The van der Waals surface area contributed by atoms with Crippen LogP contribution in [0.3, 0.4) is 0 Å². The molecule has 2 rings (SSSR count). The first kappa shape index (κ1) is 18.2. The van der Waals surface area contributed by atoms with E-state index in [0.717, 1.165) is 5.56 Å². The number of aryl methyl sites for hydroxylation is 1. The Labute approximate surface area is 144 Å². The number of methoxy groups -OCH3 is 1. The standard InChI is InChI=1S/C20H26N2O2/c1-15-9-11-16(12-10-15)19(22(2)3)13-21-20(23)18-8-6-5-7-17(18)14-24-4/h5-12,19H,13-14H2,1-4H3,(H,21,23)/t19-/m0/s1. The molecule has 0 bridgehead atoms. The van der Waals surface area contributed by atoms with Gasteiger partial charge in [0.05, 0.1) is 12.6 Å². The lowest BCUT2D eigenvalue weighted by Gasteiger charge is -2.25. The summed E-state index contributed by atoms with van der Waals surface area (Å²) in [7, 11) is 5.68. The Morgan fingerprint density at radius 3 is 2.42 bits per heavy atom. The van der Waals surface area contributed by atoms with Crippen LogP contribution in [0.1, 0.15) is 33.1 Å². The van der Waals surface area contributed by atoms with Crippen LogP contribution in [0.15, 0.2) is 48.5 Å². The van der Waals surface area contributed by atoms with Gasteiger partial charge >= 0.3 is 0 Å². The van der Waals surface area contributed by atoms with E-state index < -0.39 is 0 Å². The van der Waals surface area contributed by atoms with Crippen molar-refractivity contribution in [2.24, 2.45) is 0 Å². The molecular formula is C20H26N2O2. The molecule has 2 aromatic carbocycles. The van der Waals surface area contributed by atoms with Crippen molar-refractivity contribution in [1.82, 2.24) is 10.2 Å². The predicted octanol–water partition coefficient (Wildman–Crippen LogP) is 3.17. The number of nitrogens with zero attached hydrogens (tertiary/aromatic N) is 1. The Kier molecular flexibility index (Phi) is 6.53. The number of ether oxygens (including phenoxy) is 1. The van der Waals surface area contributed by atoms with Crippen LogP contribution in [0.2, 0.25) is 0 Å². The molecule has 0 saturated carbocycles. The van der Waals surface area contributed by atoms with Crippen molar-refractivity contribution in [2.45, 2.75) is 19.6 Å². The number of likely N-dealkylation sites (N-methyl/N-ethyl adjacent to an activating group) is 1. The number of rotatable bonds is 7. The summed E-state index contributed by atoms with van der Waals surface area (Å²) in [4.78, 5) is 14.7. The Morgan fingerprint density at radius 2 is 1.79 bits per heavy atom.